The van der Waals surface area contributed by atoms with E-state index < -0.39 is 0 Å². The molecular weight excluding hydrogens is 376 g/mol. The number of para-hydroxylation sites is 1. The number of nitrogens with zero attached hydrogens (tertiary/aromatic N) is 1. The molecule has 0 atom stereocenters. The largest absolute Gasteiger partial charge is 0.494 e. The average Bonchev–Trinajstić information content (AvgIpc) is 2.94. The molecular formula is C17H15BrN2O2S. The highest BCUT2D eigenvalue weighted by Crippen LogP contribution is 2.25. The fourth-order valence-corrected chi connectivity index (χ4v) is 3.35. The number of carbonyl (C=O) groups excluding carboxylic acids is 1. The van der Waals surface area contributed by atoms with Gasteiger partial charge in [0.2, 0.25) is 5.91 Å². The van der Waals surface area contributed by atoms with Crippen molar-refractivity contribution in [3.63, 3.8) is 0 Å². The van der Waals surface area contributed by atoms with E-state index in [1.807, 2.05) is 48.5 Å². The van der Waals surface area contributed by atoms with E-state index in [1.165, 1.54) is 11.3 Å². The van der Waals surface area contributed by atoms with Gasteiger partial charge in [0, 0.05) is 10.9 Å². The van der Waals surface area contributed by atoms with Gasteiger partial charge in [0.25, 0.3) is 0 Å². The summed E-state index contributed by atoms with van der Waals surface area (Å²) in [5.41, 5.74) is 0.908. The lowest BCUT2D eigenvalue weighted by molar-refractivity contribution is -0.116. The molecule has 0 fully saturated rings. The van der Waals surface area contributed by atoms with E-state index in [4.69, 9.17) is 4.74 Å². The molecule has 0 aliphatic carbocycles. The van der Waals surface area contributed by atoms with E-state index in [9.17, 15) is 4.79 Å². The van der Waals surface area contributed by atoms with Crippen LogP contribution in [0.1, 0.15) is 12.8 Å². The second-order valence-corrected chi connectivity index (χ2v) is 6.89. The second-order valence-electron chi connectivity index (χ2n) is 4.94. The number of benzene rings is 2. The Labute approximate surface area is 146 Å². The van der Waals surface area contributed by atoms with Crippen molar-refractivity contribution < 1.29 is 9.53 Å². The Morgan fingerprint density at radius 2 is 2.09 bits per heavy atom. The fraction of sp³-hybridized carbons (Fsp3) is 0.176. The molecule has 1 amide bonds. The molecule has 1 N–H and O–H groups in total. The van der Waals surface area contributed by atoms with Crippen LogP contribution in [-0.2, 0) is 4.79 Å². The zero-order valence-electron chi connectivity index (χ0n) is 12.3. The van der Waals surface area contributed by atoms with Crippen LogP contribution in [0.3, 0.4) is 0 Å². The number of fused-ring (bicyclic) bond motifs is 1. The van der Waals surface area contributed by atoms with Crippen molar-refractivity contribution in [3.05, 3.63) is 53.0 Å². The summed E-state index contributed by atoms with van der Waals surface area (Å²) in [6, 6.07) is 15.5. The van der Waals surface area contributed by atoms with Crippen LogP contribution >= 0.6 is 27.3 Å². The number of halogens is 1. The predicted molar refractivity (Wildman–Crippen MR) is 97.1 cm³/mol. The predicted octanol–water partition coefficient (Wildman–Crippen LogP) is 4.86. The summed E-state index contributed by atoms with van der Waals surface area (Å²) in [6.07, 6.45) is 1.06. The van der Waals surface area contributed by atoms with E-state index in [2.05, 4.69) is 26.2 Å². The monoisotopic (exact) mass is 390 g/mol. The summed E-state index contributed by atoms with van der Waals surface area (Å²) < 4.78 is 7.66. The number of aromatic nitrogens is 1. The van der Waals surface area contributed by atoms with E-state index in [-0.39, 0.29) is 5.91 Å². The van der Waals surface area contributed by atoms with Crippen molar-refractivity contribution >= 4 is 48.5 Å². The molecule has 118 valence electrons. The van der Waals surface area contributed by atoms with E-state index in [0.717, 1.165) is 20.4 Å². The minimum atomic E-state index is -0.0399. The topological polar surface area (TPSA) is 51.2 Å². The number of ether oxygens (including phenoxy) is 1. The molecule has 0 aliphatic heterocycles. The summed E-state index contributed by atoms with van der Waals surface area (Å²) in [6.45, 7) is 0.504. The zero-order valence-corrected chi connectivity index (χ0v) is 14.7. The third kappa shape index (κ3) is 4.53. The highest BCUT2D eigenvalue weighted by molar-refractivity contribution is 9.10. The number of hydrogen-bond donors (Lipinski definition) is 1. The first-order valence-corrected chi connectivity index (χ1v) is 8.85. The standard InChI is InChI=1S/C17H15BrN2O2S/c18-12-5-3-6-13(11-12)22-10-4-9-16(21)20-17-19-14-7-1-2-8-15(14)23-17/h1-3,5-8,11H,4,9-10H2,(H,19,20,21). The Bertz CT molecular complexity index is 786. The lowest BCUT2D eigenvalue weighted by Gasteiger charge is -2.06. The van der Waals surface area contributed by atoms with E-state index >= 15 is 0 Å². The molecule has 1 heterocycles. The molecule has 0 aliphatic rings. The lowest BCUT2D eigenvalue weighted by Crippen LogP contribution is -2.12. The van der Waals surface area contributed by atoms with Crippen molar-refractivity contribution in [3.8, 4) is 5.75 Å². The maximum atomic E-state index is 11.9. The van der Waals surface area contributed by atoms with Crippen LogP contribution in [0, 0.1) is 0 Å². The molecule has 0 spiro atoms. The van der Waals surface area contributed by atoms with Gasteiger partial charge in [-0.3, -0.25) is 4.79 Å². The summed E-state index contributed by atoms with van der Waals surface area (Å²) in [7, 11) is 0. The van der Waals surface area contributed by atoms with Crippen LogP contribution < -0.4 is 10.1 Å². The molecule has 6 heteroatoms. The van der Waals surface area contributed by atoms with Gasteiger partial charge in [-0.2, -0.15) is 0 Å². The summed E-state index contributed by atoms with van der Waals surface area (Å²) in [5, 5.41) is 3.49. The first kappa shape index (κ1) is 16.0. The fourth-order valence-electron chi connectivity index (χ4n) is 2.09. The molecule has 1 aromatic heterocycles. The smallest absolute Gasteiger partial charge is 0.226 e. The average molecular weight is 391 g/mol. The number of nitrogens with one attached hydrogen (secondary N) is 1. The highest BCUT2D eigenvalue weighted by atomic mass is 79.9. The van der Waals surface area contributed by atoms with Gasteiger partial charge in [-0.05, 0) is 36.8 Å². The van der Waals surface area contributed by atoms with Crippen LogP contribution in [0.2, 0.25) is 0 Å². The van der Waals surface area contributed by atoms with Crippen molar-refractivity contribution in [2.24, 2.45) is 0 Å². The van der Waals surface area contributed by atoms with Crippen molar-refractivity contribution in [1.82, 2.24) is 4.98 Å². The van der Waals surface area contributed by atoms with Gasteiger partial charge < -0.3 is 10.1 Å². The van der Waals surface area contributed by atoms with Crippen LogP contribution in [0.5, 0.6) is 5.75 Å². The van der Waals surface area contributed by atoms with Gasteiger partial charge in [0.15, 0.2) is 5.13 Å². The molecule has 0 saturated heterocycles. The van der Waals surface area contributed by atoms with Crippen molar-refractivity contribution in [2.45, 2.75) is 12.8 Å². The maximum absolute atomic E-state index is 11.9. The third-order valence-corrected chi connectivity index (χ3v) is 4.60. The molecule has 3 rings (SSSR count). The van der Waals surface area contributed by atoms with Gasteiger partial charge in [-0.25, -0.2) is 4.98 Å². The Morgan fingerprint density at radius 1 is 1.22 bits per heavy atom. The molecule has 0 saturated carbocycles. The van der Waals surface area contributed by atoms with Gasteiger partial charge in [0.1, 0.15) is 5.75 Å². The number of carbonyl (C=O) groups is 1. The van der Waals surface area contributed by atoms with Crippen LogP contribution in [0.25, 0.3) is 10.2 Å². The van der Waals surface area contributed by atoms with E-state index in [0.29, 0.717) is 24.6 Å². The molecule has 0 unspecified atom stereocenters. The number of thiazole rings is 1. The number of rotatable bonds is 6. The Kier molecular flexibility index (Phi) is 5.25. The molecule has 3 aromatic rings. The second kappa shape index (κ2) is 7.57. The van der Waals surface area contributed by atoms with Crippen molar-refractivity contribution in [1.29, 1.82) is 0 Å². The summed E-state index contributed by atoms with van der Waals surface area (Å²) >= 11 is 4.88. The third-order valence-electron chi connectivity index (χ3n) is 3.15. The van der Waals surface area contributed by atoms with E-state index in [1.54, 1.807) is 0 Å². The number of anilines is 1. The van der Waals surface area contributed by atoms with Gasteiger partial charge in [0.05, 0.1) is 16.8 Å². The van der Waals surface area contributed by atoms with Gasteiger partial charge in [-0.1, -0.05) is 45.5 Å². The van der Waals surface area contributed by atoms with Gasteiger partial charge in [-0.15, -0.1) is 0 Å². The normalized spacial score (nSPS) is 10.7. The minimum absolute atomic E-state index is 0.0399. The Morgan fingerprint density at radius 3 is 2.91 bits per heavy atom. The summed E-state index contributed by atoms with van der Waals surface area (Å²) in [5.74, 6) is 0.757. The lowest BCUT2D eigenvalue weighted by atomic mass is 10.3. The van der Waals surface area contributed by atoms with Crippen LogP contribution in [-0.4, -0.2) is 17.5 Å². The quantitative estimate of drug-likeness (QED) is 0.611. The molecule has 2 aromatic carbocycles. The SMILES string of the molecule is O=C(CCCOc1cccc(Br)c1)Nc1nc2ccccc2s1. The number of hydrogen-bond acceptors (Lipinski definition) is 4. The zero-order chi connectivity index (χ0) is 16.1. The van der Waals surface area contributed by atoms with Gasteiger partial charge >= 0.3 is 0 Å². The van der Waals surface area contributed by atoms with Crippen LogP contribution in [0.15, 0.2) is 53.0 Å². The minimum Gasteiger partial charge on any atom is -0.494 e. The molecule has 4 nitrogen and oxygen atoms in total. The summed E-state index contributed by atoms with van der Waals surface area (Å²) in [4.78, 5) is 16.3. The molecule has 23 heavy (non-hydrogen) atoms. The molecule has 0 radical (unpaired) electrons. The van der Waals surface area contributed by atoms with Crippen LogP contribution in [0.4, 0.5) is 5.13 Å². The highest BCUT2D eigenvalue weighted by Gasteiger charge is 2.07. The Hall–Kier alpha value is -1.92. The number of amides is 1. The van der Waals surface area contributed by atoms with Crippen molar-refractivity contribution in [2.75, 3.05) is 11.9 Å². The first-order valence-electron chi connectivity index (χ1n) is 7.24. The Balaban J connectivity index is 1.44. The first-order chi connectivity index (χ1) is 11.2. The molecule has 0 bridgehead atoms. The maximum Gasteiger partial charge on any atom is 0.226 e.